The van der Waals surface area contributed by atoms with E-state index in [0.29, 0.717) is 23.3 Å². The Morgan fingerprint density at radius 2 is 1.52 bits per heavy atom. The zero-order valence-corrected chi connectivity index (χ0v) is 19.6. The maximum Gasteiger partial charge on any atom is 0.329 e. The molecule has 2 unspecified atom stereocenters. The third-order valence-electron chi connectivity index (χ3n) is 4.95. The third-order valence-corrected chi connectivity index (χ3v) is 5.93. The van der Waals surface area contributed by atoms with E-state index in [2.05, 4.69) is 5.32 Å². The van der Waals surface area contributed by atoms with Gasteiger partial charge in [-0.2, -0.15) is 11.8 Å². The molecule has 0 bridgehead atoms. The van der Waals surface area contributed by atoms with E-state index in [-0.39, 0.29) is 16.4 Å². The molecule has 0 saturated heterocycles. The normalized spacial score (nSPS) is 12.4. The molecule has 7 heteroatoms. The molecule has 0 spiro atoms. The molecule has 5 nitrogen and oxygen atoms in total. The van der Waals surface area contributed by atoms with Gasteiger partial charge in [0.05, 0.1) is 10.6 Å². The number of halogens is 1. The van der Waals surface area contributed by atoms with E-state index in [9.17, 15) is 14.4 Å². The van der Waals surface area contributed by atoms with Crippen molar-refractivity contribution in [1.82, 2.24) is 5.32 Å². The monoisotopic (exact) mass is 481 g/mol. The molecule has 2 atom stereocenters. The Labute approximate surface area is 202 Å². The lowest BCUT2D eigenvalue weighted by Crippen LogP contribution is -2.43. The minimum Gasteiger partial charge on any atom is -0.447 e. The Balaban J connectivity index is 1.84. The van der Waals surface area contributed by atoms with Crippen LogP contribution in [0.1, 0.15) is 38.8 Å². The van der Waals surface area contributed by atoms with Gasteiger partial charge in [0.15, 0.2) is 6.10 Å². The quantitative estimate of drug-likeness (QED) is 0.312. The van der Waals surface area contributed by atoms with Gasteiger partial charge in [0.2, 0.25) is 5.78 Å². The Bertz CT molecular complexity index is 1090. The van der Waals surface area contributed by atoms with Gasteiger partial charge in [-0.1, -0.05) is 84.4 Å². The number of rotatable bonds is 10. The Kier molecular flexibility index (Phi) is 9.10. The summed E-state index contributed by atoms with van der Waals surface area (Å²) < 4.78 is 5.73. The van der Waals surface area contributed by atoms with Crippen molar-refractivity contribution in [3.63, 3.8) is 0 Å². The van der Waals surface area contributed by atoms with Crippen LogP contribution in [0.4, 0.5) is 0 Å². The number of amides is 1. The van der Waals surface area contributed by atoms with E-state index in [0.717, 1.165) is 0 Å². The molecule has 33 heavy (non-hydrogen) atoms. The summed E-state index contributed by atoms with van der Waals surface area (Å²) in [6.07, 6.45) is 1.12. The van der Waals surface area contributed by atoms with Crippen molar-refractivity contribution in [2.75, 3.05) is 12.0 Å². The Morgan fingerprint density at radius 1 is 0.909 bits per heavy atom. The van der Waals surface area contributed by atoms with Crippen molar-refractivity contribution in [2.24, 2.45) is 0 Å². The van der Waals surface area contributed by atoms with Crippen LogP contribution in [0.3, 0.4) is 0 Å². The van der Waals surface area contributed by atoms with E-state index in [1.165, 1.54) is 11.8 Å². The van der Waals surface area contributed by atoms with Crippen LogP contribution in [0.15, 0.2) is 84.9 Å². The van der Waals surface area contributed by atoms with Gasteiger partial charge in [-0.25, -0.2) is 4.79 Å². The highest BCUT2D eigenvalue weighted by Gasteiger charge is 2.31. The second-order valence-electron chi connectivity index (χ2n) is 7.25. The maximum absolute atomic E-state index is 13.2. The smallest absolute Gasteiger partial charge is 0.329 e. The minimum absolute atomic E-state index is 0.265. The fourth-order valence-corrected chi connectivity index (χ4v) is 3.91. The predicted octanol–water partition coefficient (Wildman–Crippen LogP) is 5.36. The molecule has 3 aromatic rings. The molecule has 0 radical (unpaired) electrons. The molecule has 0 aromatic heterocycles. The van der Waals surface area contributed by atoms with Gasteiger partial charge in [0.25, 0.3) is 5.91 Å². The lowest BCUT2D eigenvalue weighted by atomic mass is 9.99. The summed E-state index contributed by atoms with van der Waals surface area (Å²) in [7, 11) is 0. The molecule has 0 saturated carbocycles. The van der Waals surface area contributed by atoms with Gasteiger partial charge < -0.3 is 10.1 Å². The van der Waals surface area contributed by atoms with Gasteiger partial charge in [0.1, 0.15) is 6.04 Å². The zero-order chi connectivity index (χ0) is 23.6. The first-order chi connectivity index (χ1) is 16.0. The number of esters is 1. The first-order valence-corrected chi connectivity index (χ1v) is 12.2. The van der Waals surface area contributed by atoms with Crippen LogP contribution in [-0.2, 0) is 9.53 Å². The van der Waals surface area contributed by atoms with Crippen molar-refractivity contribution >= 4 is 41.0 Å². The summed E-state index contributed by atoms with van der Waals surface area (Å²) in [6.45, 7) is 0. The van der Waals surface area contributed by atoms with Crippen molar-refractivity contribution in [1.29, 1.82) is 0 Å². The molecule has 0 heterocycles. The highest BCUT2D eigenvalue weighted by atomic mass is 35.5. The number of hydrogen-bond donors (Lipinski definition) is 1. The van der Waals surface area contributed by atoms with E-state index < -0.39 is 24.0 Å². The molecular weight excluding hydrogens is 458 g/mol. The van der Waals surface area contributed by atoms with Crippen LogP contribution in [0, 0.1) is 0 Å². The molecule has 0 aliphatic heterocycles. The molecule has 1 N–H and O–H groups in total. The lowest BCUT2D eigenvalue weighted by Gasteiger charge is -2.22. The maximum atomic E-state index is 13.2. The number of nitrogens with one attached hydrogen (secondary N) is 1. The number of benzene rings is 3. The van der Waals surface area contributed by atoms with E-state index in [1.54, 1.807) is 72.8 Å². The molecule has 170 valence electrons. The molecule has 3 aromatic carbocycles. The molecular formula is C26H24ClNO4S. The number of thioether (sulfide) groups is 1. The van der Waals surface area contributed by atoms with Crippen LogP contribution < -0.4 is 5.32 Å². The summed E-state index contributed by atoms with van der Waals surface area (Å²) in [6, 6.07) is 23.2. The first kappa shape index (κ1) is 24.6. The summed E-state index contributed by atoms with van der Waals surface area (Å²) in [4.78, 5) is 39.2. The van der Waals surface area contributed by atoms with E-state index in [1.807, 2.05) is 18.4 Å². The molecule has 0 fully saturated rings. The summed E-state index contributed by atoms with van der Waals surface area (Å²) in [5, 5.41) is 3.01. The number of carbonyl (C=O) groups excluding carboxylic acids is 3. The van der Waals surface area contributed by atoms with Crippen LogP contribution in [0.25, 0.3) is 0 Å². The number of ketones is 1. The second kappa shape index (κ2) is 12.2. The third kappa shape index (κ3) is 6.70. The fourth-order valence-electron chi connectivity index (χ4n) is 3.22. The highest BCUT2D eigenvalue weighted by Crippen LogP contribution is 2.24. The Morgan fingerprint density at radius 3 is 2.15 bits per heavy atom. The van der Waals surface area contributed by atoms with Crippen molar-refractivity contribution in [2.45, 2.75) is 18.6 Å². The lowest BCUT2D eigenvalue weighted by molar-refractivity contribution is -0.149. The number of ether oxygens (including phenoxy) is 1. The largest absolute Gasteiger partial charge is 0.447 e. The van der Waals surface area contributed by atoms with Gasteiger partial charge >= 0.3 is 5.97 Å². The van der Waals surface area contributed by atoms with Gasteiger partial charge in [-0.15, -0.1) is 0 Å². The molecule has 0 aliphatic rings. The van der Waals surface area contributed by atoms with E-state index in [4.69, 9.17) is 16.3 Å². The van der Waals surface area contributed by atoms with Crippen LogP contribution in [-0.4, -0.2) is 35.7 Å². The molecule has 0 aliphatic carbocycles. The van der Waals surface area contributed by atoms with Crippen molar-refractivity contribution in [3.05, 3.63) is 107 Å². The first-order valence-electron chi connectivity index (χ1n) is 10.4. The van der Waals surface area contributed by atoms with Crippen molar-refractivity contribution < 1.29 is 19.1 Å². The number of Topliss-reactive ketones (excluding diaryl/α,β-unsaturated/α-hetero) is 1. The van der Waals surface area contributed by atoms with Crippen LogP contribution >= 0.6 is 23.4 Å². The summed E-state index contributed by atoms with van der Waals surface area (Å²) >= 11 is 7.67. The van der Waals surface area contributed by atoms with E-state index >= 15 is 0 Å². The van der Waals surface area contributed by atoms with Crippen LogP contribution in [0.5, 0.6) is 0 Å². The van der Waals surface area contributed by atoms with Gasteiger partial charge in [-0.3, -0.25) is 9.59 Å². The van der Waals surface area contributed by atoms with Crippen LogP contribution in [0.2, 0.25) is 5.02 Å². The average Bonchev–Trinajstić information content (AvgIpc) is 2.85. The standard InChI is InChI=1S/C26H24ClNO4S/c1-33-17-16-22(28-25(30)20-14-8-9-15-21(20)27)26(31)32-24(19-12-6-3-7-13-19)23(29)18-10-4-2-5-11-18/h2-15,22,24H,16-17H2,1H3,(H,28,30). The van der Waals surface area contributed by atoms with Gasteiger partial charge in [-0.05, 0) is 30.6 Å². The highest BCUT2D eigenvalue weighted by molar-refractivity contribution is 7.98. The van der Waals surface area contributed by atoms with Crippen molar-refractivity contribution in [3.8, 4) is 0 Å². The molecule has 1 amide bonds. The summed E-state index contributed by atoms with van der Waals surface area (Å²) in [5.41, 5.74) is 1.25. The number of carbonyl (C=O) groups is 3. The number of hydrogen-bond acceptors (Lipinski definition) is 5. The fraction of sp³-hybridized carbons (Fsp3) is 0.192. The van der Waals surface area contributed by atoms with Gasteiger partial charge in [0, 0.05) is 11.1 Å². The predicted molar refractivity (Wildman–Crippen MR) is 132 cm³/mol. The SMILES string of the molecule is CSCCC(NC(=O)c1ccccc1Cl)C(=O)OC(C(=O)c1ccccc1)c1ccccc1. The molecule has 3 rings (SSSR count). The minimum atomic E-state index is -1.13. The Hall–Kier alpha value is -3.09. The average molecular weight is 482 g/mol. The topological polar surface area (TPSA) is 72.5 Å². The second-order valence-corrected chi connectivity index (χ2v) is 8.64. The summed E-state index contributed by atoms with van der Waals surface area (Å²) in [5.74, 6) is -0.876. The zero-order valence-electron chi connectivity index (χ0n) is 18.1.